The Balaban J connectivity index is 2.32. The number of amides is 1. The van der Waals surface area contributed by atoms with Gasteiger partial charge in [0, 0.05) is 29.8 Å². The van der Waals surface area contributed by atoms with Gasteiger partial charge in [0.1, 0.15) is 12.1 Å². The first-order chi connectivity index (χ1) is 8.63. The first-order valence-electron chi connectivity index (χ1n) is 5.60. The van der Waals surface area contributed by atoms with Crippen LogP contribution in [0.5, 0.6) is 0 Å². The number of nitrogens with one attached hydrogen (secondary N) is 1. The maximum absolute atomic E-state index is 11.4. The third-order valence-electron chi connectivity index (χ3n) is 2.98. The fourth-order valence-corrected chi connectivity index (χ4v) is 2.50. The number of primary amides is 1. The summed E-state index contributed by atoms with van der Waals surface area (Å²) in [6.45, 7) is 2.07. The minimum absolute atomic E-state index is 0.345. The summed E-state index contributed by atoms with van der Waals surface area (Å²) in [6.07, 6.45) is 0. The Kier molecular flexibility index (Phi) is 3.84. The molecule has 1 aromatic carbocycles. The molecule has 1 unspecified atom stereocenters. The Labute approximate surface area is 114 Å². The van der Waals surface area contributed by atoms with E-state index in [1.54, 1.807) is 6.07 Å². The van der Waals surface area contributed by atoms with Gasteiger partial charge in [0.25, 0.3) is 0 Å². The zero-order valence-electron chi connectivity index (χ0n) is 9.69. The lowest BCUT2D eigenvalue weighted by atomic mass is 10.1. The molecular weight excluding hydrogens is 296 g/mol. The Morgan fingerprint density at radius 2 is 2.39 bits per heavy atom. The average Bonchev–Trinajstić information content (AvgIpc) is 2.38. The number of halogens is 1. The molecule has 1 atom stereocenters. The fraction of sp³-hybridized carbons (Fsp3) is 0.333. The number of carbonyl (C=O) groups is 1. The zero-order valence-corrected chi connectivity index (χ0v) is 11.3. The SMILES string of the molecule is N#Cc1ccc(N2CCNCC2C(N)=O)cc1Br. The molecular formula is C12H13BrN4O. The van der Waals surface area contributed by atoms with Gasteiger partial charge in [-0.1, -0.05) is 0 Å². The average molecular weight is 309 g/mol. The predicted octanol–water partition coefficient (Wildman–Crippen LogP) is 0.584. The topological polar surface area (TPSA) is 82.2 Å². The van der Waals surface area contributed by atoms with E-state index in [0.717, 1.165) is 16.7 Å². The van der Waals surface area contributed by atoms with Crippen molar-refractivity contribution in [2.45, 2.75) is 6.04 Å². The highest BCUT2D eigenvalue weighted by atomic mass is 79.9. The predicted molar refractivity (Wildman–Crippen MR) is 72.1 cm³/mol. The number of anilines is 1. The number of nitrogens with zero attached hydrogens (tertiary/aromatic N) is 2. The van der Waals surface area contributed by atoms with Crippen LogP contribution in [-0.4, -0.2) is 31.6 Å². The van der Waals surface area contributed by atoms with Crippen molar-refractivity contribution < 1.29 is 4.79 Å². The molecule has 0 saturated carbocycles. The van der Waals surface area contributed by atoms with Crippen molar-refractivity contribution in [2.75, 3.05) is 24.5 Å². The Morgan fingerprint density at radius 1 is 1.61 bits per heavy atom. The molecule has 94 valence electrons. The summed E-state index contributed by atoms with van der Waals surface area (Å²) in [4.78, 5) is 13.4. The van der Waals surface area contributed by atoms with Crippen molar-refractivity contribution in [3.63, 3.8) is 0 Å². The third-order valence-corrected chi connectivity index (χ3v) is 3.63. The van der Waals surface area contributed by atoms with Crippen LogP contribution < -0.4 is 16.0 Å². The maximum atomic E-state index is 11.4. The van der Waals surface area contributed by atoms with Crippen LogP contribution in [0.2, 0.25) is 0 Å². The van der Waals surface area contributed by atoms with E-state index in [0.29, 0.717) is 18.7 Å². The molecule has 1 amide bonds. The number of rotatable bonds is 2. The monoisotopic (exact) mass is 308 g/mol. The number of carbonyl (C=O) groups excluding carboxylic acids is 1. The van der Waals surface area contributed by atoms with Gasteiger partial charge in [-0.15, -0.1) is 0 Å². The van der Waals surface area contributed by atoms with Crippen LogP contribution in [0, 0.1) is 11.3 Å². The van der Waals surface area contributed by atoms with Crippen molar-refractivity contribution in [1.29, 1.82) is 5.26 Å². The quantitative estimate of drug-likeness (QED) is 0.837. The van der Waals surface area contributed by atoms with Gasteiger partial charge >= 0.3 is 0 Å². The summed E-state index contributed by atoms with van der Waals surface area (Å²) in [6, 6.07) is 7.16. The van der Waals surface area contributed by atoms with Gasteiger partial charge in [-0.3, -0.25) is 4.79 Å². The van der Waals surface area contributed by atoms with Gasteiger partial charge in [0.15, 0.2) is 0 Å². The van der Waals surface area contributed by atoms with Crippen LogP contribution in [0.1, 0.15) is 5.56 Å². The van der Waals surface area contributed by atoms with Gasteiger partial charge < -0.3 is 16.0 Å². The summed E-state index contributed by atoms with van der Waals surface area (Å²) >= 11 is 3.35. The van der Waals surface area contributed by atoms with E-state index >= 15 is 0 Å². The molecule has 0 aromatic heterocycles. The van der Waals surface area contributed by atoms with Crippen molar-refractivity contribution in [1.82, 2.24) is 5.32 Å². The summed E-state index contributed by atoms with van der Waals surface area (Å²) in [5.74, 6) is -0.345. The number of piperazine rings is 1. The minimum Gasteiger partial charge on any atom is -0.368 e. The van der Waals surface area contributed by atoms with E-state index in [4.69, 9.17) is 11.0 Å². The fourth-order valence-electron chi connectivity index (χ4n) is 2.04. The van der Waals surface area contributed by atoms with Crippen LogP contribution in [-0.2, 0) is 4.79 Å². The number of nitrogens with two attached hydrogens (primary N) is 1. The zero-order chi connectivity index (χ0) is 13.1. The molecule has 0 bridgehead atoms. The van der Waals surface area contributed by atoms with Gasteiger partial charge in [-0.05, 0) is 34.1 Å². The molecule has 18 heavy (non-hydrogen) atoms. The molecule has 1 heterocycles. The summed E-state index contributed by atoms with van der Waals surface area (Å²) < 4.78 is 0.726. The normalized spacial score (nSPS) is 19.3. The van der Waals surface area contributed by atoms with Crippen molar-refractivity contribution in [3.8, 4) is 6.07 Å². The molecule has 0 spiro atoms. The minimum atomic E-state index is -0.349. The van der Waals surface area contributed by atoms with Crippen LogP contribution in [0.3, 0.4) is 0 Å². The van der Waals surface area contributed by atoms with Gasteiger partial charge in [0.2, 0.25) is 5.91 Å². The highest BCUT2D eigenvalue weighted by molar-refractivity contribution is 9.10. The Morgan fingerprint density at radius 3 is 3.00 bits per heavy atom. The van der Waals surface area contributed by atoms with Crippen molar-refractivity contribution in [3.05, 3.63) is 28.2 Å². The van der Waals surface area contributed by atoms with Gasteiger partial charge in [-0.2, -0.15) is 5.26 Å². The number of hydrogen-bond acceptors (Lipinski definition) is 4. The van der Waals surface area contributed by atoms with Crippen LogP contribution in [0.25, 0.3) is 0 Å². The van der Waals surface area contributed by atoms with E-state index in [-0.39, 0.29) is 11.9 Å². The van der Waals surface area contributed by atoms with Crippen LogP contribution in [0.15, 0.2) is 22.7 Å². The number of benzene rings is 1. The second kappa shape index (κ2) is 5.38. The van der Waals surface area contributed by atoms with Gasteiger partial charge in [-0.25, -0.2) is 0 Å². The van der Waals surface area contributed by atoms with Crippen LogP contribution >= 0.6 is 15.9 Å². The van der Waals surface area contributed by atoms with E-state index in [2.05, 4.69) is 27.3 Å². The van der Waals surface area contributed by atoms with E-state index in [9.17, 15) is 4.79 Å². The maximum Gasteiger partial charge on any atom is 0.241 e. The first kappa shape index (κ1) is 12.9. The molecule has 6 heteroatoms. The van der Waals surface area contributed by atoms with Gasteiger partial charge in [0.05, 0.1) is 5.56 Å². The molecule has 0 aliphatic carbocycles. The highest BCUT2D eigenvalue weighted by Crippen LogP contribution is 2.25. The third kappa shape index (κ3) is 2.47. The summed E-state index contributed by atoms with van der Waals surface area (Å²) in [5.41, 5.74) is 6.87. The second-order valence-corrected chi connectivity index (χ2v) is 4.95. The molecule has 3 N–H and O–H groups in total. The molecule has 0 radical (unpaired) electrons. The van der Waals surface area contributed by atoms with Crippen LogP contribution in [0.4, 0.5) is 5.69 Å². The standard InChI is InChI=1S/C12H13BrN4O/c13-10-5-9(2-1-8(10)6-14)17-4-3-16-7-11(17)12(15)18/h1-2,5,11,16H,3-4,7H2,(H2,15,18). The lowest BCUT2D eigenvalue weighted by Crippen LogP contribution is -2.57. The molecule has 2 rings (SSSR count). The Hall–Kier alpha value is -1.58. The molecule has 1 aliphatic heterocycles. The molecule has 1 fully saturated rings. The molecule has 5 nitrogen and oxygen atoms in total. The van der Waals surface area contributed by atoms with E-state index in [1.807, 2.05) is 17.0 Å². The highest BCUT2D eigenvalue weighted by Gasteiger charge is 2.27. The first-order valence-corrected chi connectivity index (χ1v) is 6.39. The van der Waals surface area contributed by atoms with E-state index < -0.39 is 0 Å². The smallest absolute Gasteiger partial charge is 0.241 e. The summed E-state index contributed by atoms with van der Waals surface area (Å²) in [5, 5.41) is 12.0. The second-order valence-electron chi connectivity index (χ2n) is 4.09. The van der Waals surface area contributed by atoms with Crippen molar-refractivity contribution in [2.24, 2.45) is 5.73 Å². The lowest BCUT2D eigenvalue weighted by Gasteiger charge is -2.36. The Bertz CT molecular complexity index is 511. The van der Waals surface area contributed by atoms with E-state index in [1.165, 1.54) is 0 Å². The number of nitriles is 1. The summed E-state index contributed by atoms with van der Waals surface area (Å²) in [7, 11) is 0. The molecule has 1 aliphatic rings. The number of hydrogen-bond donors (Lipinski definition) is 2. The molecule has 1 aromatic rings. The molecule has 1 saturated heterocycles. The lowest BCUT2D eigenvalue weighted by molar-refractivity contribution is -0.119. The largest absolute Gasteiger partial charge is 0.368 e. The van der Waals surface area contributed by atoms with Crippen molar-refractivity contribution >= 4 is 27.5 Å².